The van der Waals surface area contributed by atoms with E-state index in [1.807, 2.05) is 87.5 Å². The van der Waals surface area contributed by atoms with Crippen LogP contribution >= 0.6 is 12.6 Å². The van der Waals surface area contributed by atoms with Crippen LogP contribution in [-0.2, 0) is 13.0 Å². The number of hydrogen-bond acceptors (Lipinski definition) is 4. The van der Waals surface area contributed by atoms with Crippen LogP contribution in [0.25, 0.3) is 0 Å². The Balaban J connectivity index is 0.000000342. The van der Waals surface area contributed by atoms with Crippen LogP contribution in [-0.4, -0.2) is 20.6 Å². The second-order valence-electron chi connectivity index (χ2n) is 10.5. The Kier molecular flexibility index (Phi) is 12.3. The first-order chi connectivity index (χ1) is 19.4. The molecule has 0 spiro atoms. The summed E-state index contributed by atoms with van der Waals surface area (Å²) in [6.45, 7) is 6.69. The number of hydrogen-bond donors (Lipinski definition) is 2. The number of aromatic nitrogens is 2. The molecule has 0 aliphatic rings. The number of rotatable bonds is 11. The molecule has 1 heterocycles. The molecule has 1 aromatic heterocycles. The second-order valence-corrected chi connectivity index (χ2v) is 11.0. The molecule has 0 fully saturated rings. The van der Waals surface area contributed by atoms with Crippen LogP contribution in [0.5, 0.6) is 0 Å². The zero-order valence-electron chi connectivity index (χ0n) is 23.9. The standard InChI is InChI=1S/C26H24N2O.C9H18OS/c29-25-19-18-24(27-28(25)20-10-13-21-11-4-1-5-12-21)26(22-14-6-2-7-15-22)23-16-8-3-9-17-23;1-4-5-8(10)9(2,3)6-7-11/h1-9,11-12,14-19,26H,10,13,20H2;5,10-11H,4,6-7H2,1-3H3/b;8-5-. The number of allylic oxidation sites excluding steroid dienone is 2. The number of aryl methyl sites for hydroxylation is 2. The molecular formula is C35H42N2O2S. The Morgan fingerprint density at radius 2 is 1.45 bits per heavy atom. The molecule has 4 aromatic rings. The highest BCUT2D eigenvalue weighted by atomic mass is 32.1. The number of aliphatic hydroxyl groups excluding tert-OH is 1. The number of aliphatic hydroxyl groups is 1. The zero-order valence-corrected chi connectivity index (χ0v) is 24.8. The fourth-order valence-electron chi connectivity index (χ4n) is 4.56. The molecule has 4 nitrogen and oxygen atoms in total. The normalized spacial score (nSPS) is 11.7. The van der Waals surface area contributed by atoms with E-state index in [0.717, 1.165) is 37.1 Å². The molecule has 1 N–H and O–H groups in total. The summed E-state index contributed by atoms with van der Waals surface area (Å²) < 4.78 is 1.61. The Hall–Kier alpha value is -3.57. The van der Waals surface area contributed by atoms with E-state index in [1.165, 1.54) is 16.7 Å². The third-order valence-electron chi connectivity index (χ3n) is 6.95. The van der Waals surface area contributed by atoms with Gasteiger partial charge in [-0.1, -0.05) is 112 Å². The predicted molar refractivity (Wildman–Crippen MR) is 170 cm³/mol. The highest BCUT2D eigenvalue weighted by Crippen LogP contribution is 2.30. The van der Waals surface area contributed by atoms with E-state index in [9.17, 15) is 9.90 Å². The van der Waals surface area contributed by atoms with Gasteiger partial charge < -0.3 is 5.11 Å². The topological polar surface area (TPSA) is 55.1 Å². The average molecular weight is 555 g/mol. The molecule has 3 aromatic carbocycles. The molecule has 0 amide bonds. The lowest BCUT2D eigenvalue weighted by atomic mass is 9.87. The van der Waals surface area contributed by atoms with E-state index in [1.54, 1.807) is 10.7 Å². The number of benzene rings is 3. The van der Waals surface area contributed by atoms with Crippen molar-refractivity contribution in [3.8, 4) is 0 Å². The minimum Gasteiger partial charge on any atom is -0.512 e. The van der Waals surface area contributed by atoms with E-state index < -0.39 is 0 Å². The summed E-state index contributed by atoms with van der Waals surface area (Å²) in [7, 11) is 0. The van der Waals surface area contributed by atoms with Crippen LogP contribution in [0, 0.1) is 5.41 Å². The number of thiol groups is 1. The van der Waals surface area contributed by atoms with Gasteiger partial charge in [-0.25, -0.2) is 4.68 Å². The van der Waals surface area contributed by atoms with Crippen LogP contribution in [0.4, 0.5) is 0 Å². The van der Waals surface area contributed by atoms with Gasteiger partial charge in [-0.05, 0) is 60.3 Å². The summed E-state index contributed by atoms with van der Waals surface area (Å²) in [5, 5.41) is 14.3. The maximum absolute atomic E-state index is 12.4. The third-order valence-corrected chi connectivity index (χ3v) is 7.18. The van der Waals surface area contributed by atoms with Gasteiger partial charge in [0.05, 0.1) is 17.4 Å². The largest absolute Gasteiger partial charge is 0.512 e. The van der Waals surface area contributed by atoms with Crippen molar-refractivity contribution in [3.05, 3.63) is 148 Å². The van der Waals surface area contributed by atoms with Crippen molar-refractivity contribution in [2.45, 2.75) is 58.9 Å². The van der Waals surface area contributed by atoms with Crippen molar-refractivity contribution in [2.75, 3.05) is 5.75 Å². The lowest BCUT2D eigenvalue weighted by Gasteiger charge is -2.22. The first-order valence-electron chi connectivity index (χ1n) is 14.1. The van der Waals surface area contributed by atoms with E-state index in [0.29, 0.717) is 12.3 Å². The van der Waals surface area contributed by atoms with Crippen molar-refractivity contribution >= 4 is 12.6 Å². The molecule has 0 bridgehead atoms. The van der Waals surface area contributed by atoms with Gasteiger partial charge in [-0.15, -0.1) is 0 Å². The molecule has 0 aliphatic carbocycles. The Morgan fingerprint density at radius 3 is 1.98 bits per heavy atom. The molecule has 210 valence electrons. The van der Waals surface area contributed by atoms with Crippen molar-refractivity contribution in [2.24, 2.45) is 5.41 Å². The molecule has 0 saturated carbocycles. The third kappa shape index (κ3) is 9.27. The fourth-order valence-corrected chi connectivity index (χ4v) is 5.12. The average Bonchev–Trinajstić information content (AvgIpc) is 2.97. The van der Waals surface area contributed by atoms with Crippen LogP contribution in [0.3, 0.4) is 0 Å². The second kappa shape index (κ2) is 15.9. The van der Waals surface area contributed by atoms with Crippen LogP contribution in [0.15, 0.2) is 120 Å². The van der Waals surface area contributed by atoms with Gasteiger partial charge in [0.2, 0.25) is 0 Å². The van der Waals surface area contributed by atoms with Gasteiger partial charge in [0.1, 0.15) is 0 Å². The molecule has 0 atom stereocenters. The maximum Gasteiger partial charge on any atom is 0.266 e. The molecule has 0 aliphatic heterocycles. The van der Waals surface area contributed by atoms with Gasteiger partial charge in [-0.3, -0.25) is 4.79 Å². The molecule has 0 radical (unpaired) electrons. The number of nitrogens with zero attached hydrogens (tertiary/aromatic N) is 2. The van der Waals surface area contributed by atoms with Crippen LogP contribution < -0.4 is 5.56 Å². The fraction of sp³-hybridized carbons (Fsp3) is 0.314. The SMILES string of the molecule is CC/C=C(\O)C(C)(C)CCS.O=c1ccc(C(c2ccccc2)c2ccccc2)nn1CCCc1ccccc1. The summed E-state index contributed by atoms with van der Waals surface area (Å²) >= 11 is 4.14. The van der Waals surface area contributed by atoms with E-state index in [4.69, 9.17) is 5.10 Å². The van der Waals surface area contributed by atoms with Crippen molar-refractivity contribution in [1.82, 2.24) is 9.78 Å². The lowest BCUT2D eigenvalue weighted by Crippen LogP contribution is -2.24. The molecule has 0 unspecified atom stereocenters. The zero-order chi connectivity index (χ0) is 28.8. The molecule has 5 heteroatoms. The van der Waals surface area contributed by atoms with Crippen LogP contribution in [0.2, 0.25) is 0 Å². The smallest absolute Gasteiger partial charge is 0.266 e. The van der Waals surface area contributed by atoms with Gasteiger partial charge >= 0.3 is 0 Å². The maximum atomic E-state index is 12.4. The minimum atomic E-state index is -0.0994. The van der Waals surface area contributed by atoms with Crippen molar-refractivity contribution < 1.29 is 5.11 Å². The first-order valence-corrected chi connectivity index (χ1v) is 14.7. The van der Waals surface area contributed by atoms with Crippen molar-refractivity contribution in [3.63, 3.8) is 0 Å². The van der Waals surface area contributed by atoms with Gasteiger partial charge in [0, 0.05) is 18.0 Å². The summed E-state index contributed by atoms with van der Waals surface area (Å²) in [6, 6.07) is 34.5. The molecular weight excluding hydrogens is 512 g/mol. The predicted octanol–water partition coefficient (Wildman–Crippen LogP) is 8.24. The summed E-state index contributed by atoms with van der Waals surface area (Å²) in [6.07, 6.45) is 5.48. The Labute approximate surface area is 244 Å². The van der Waals surface area contributed by atoms with Crippen LogP contribution in [0.1, 0.15) is 68.3 Å². The molecule has 4 rings (SSSR count). The molecule has 0 saturated heterocycles. The van der Waals surface area contributed by atoms with E-state index in [-0.39, 0.29) is 16.9 Å². The first kappa shape index (κ1) is 31.0. The quantitative estimate of drug-likeness (QED) is 0.145. The van der Waals surface area contributed by atoms with Gasteiger partial charge in [-0.2, -0.15) is 17.7 Å². The van der Waals surface area contributed by atoms with E-state index >= 15 is 0 Å². The van der Waals surface area contributed by atoms with E-state index in [2.05, 4.69) is 49.0 Å². The highest BCUT2D eigenvalue weighted by molar-refractivity contribution is 7.80. The van der Waals surface area contributed by atoms with Crippen molar-refractivity contribution in [1.29, 1.82) is 0 Å². The lowest BCUT2D eigenvalue weighted by molar-refractivity contribution is 0.251. The highest BCUT2D eigenvalue weighted by Gasteiger charge is 2.21. The Morgan fingerprint density at radius 1 is 0.900 bits per heavy atom. The summed E-state index contributed by atoms with van der Waals surface area (Å²) in [4.78, 5) is 12.4. The Bertz CT molecular complexity index is 1330. The summed E-state index contributed by atoms with van der Waals surface area (Å²) in [5.74, 6) is 1.31. The van der Waals surface area contributed by atoms with Gasteiger partial charge in [0.15, 0.2) is 0 Å². The minimum absolute atomic E-state index is 0.00151. The molecule has 40 heavy (non-hydrogen) atoms. The summed E-state index contributed by atoms with van der Waals surface area (Å²) in [5.41, 5.74) is 4.35. The monoisotopic (exact) mass is 554 g/mol. The van der Waals surface area contributed by atoms with Gasteiger partial charge in [0.25, 0.3) is 5.56 Å².